The number of nitrogens with zero attached hydrogens (tertiary/aromatic N) is 6. The third-order valence-electron chi connectivity index (χ3n) is 3.88. The largest absolute Gasteiger partial charge is 0.366 e. The Morgan fingerprint density at radius 3 is 2.78 bits per heavy atom. The molecule has 1 aliphatic heterocycles. The summed E-state index contributed by atoms with van der Waals surface area (Å²) in [6.45, 7) is 7.78. The predicted octanol–water partition coefficient (Wildman–Crippen LogP) is 0.980. The van der Waals surface area contributed by atoms with E-state index in [4.69, 9.17) is 4.74 Å². The molecule has 0 spiro atoms. The van der Waals surface area contributed by atoms with Crippen LogP contribution in [0.1, 0.15) is 43.1 Å². The summed E-state index contributed by atoms with van der Waals surface area (Å²) in [5, 5.41) is 12.0. The fourth-order valence-electron chi connectivity index (χ4n) is 2.54. The average molecular weight is 318 g/mol. The first-order valence-corrected chi connectivity index (χ1v) is 7.68. The number of hydrogen-bond donors (Lipinski definition) is 0. The highest BCUT2D eigenvalue weighted by molar-refractivity contribution is 5.94. The Morgan fingerprint density at radius 1 is 1.39 bits per heavy atom. The van der Waals surface area contributed by atoms with Crippen LogP contribution in [0, 0.1) is 0 Å². The van der Waals surface area contributed by atoms with Crippen LogP contribution >= 0.6 is 0 Å². The van der Waals surface area contributed by atoms with Gasteiger partial charge in [-0.2, -0.15) is 4.80 Å². The summed E-state index contributed by atoms with van der Waals surface area (Å²) >= 11 is 0. The number of amides is 1. The van der Waals surface area contributed by atoms with Gasteiger partial charge in [-0.25, -0.2) is 0 Å². The Morgan fingerprint density at radius 2 is 2.17 bits per heavy atom. The average Bonchev–Trinajstić information content (AvgIpc) is 3.15. The van der Waals surface area contributed by atoms with Gasteiger partial charge >= 0.3 is 0 Å². The minimum absolute atomic E-state index is 0.00481. The van der Waals surface area contributed by atoms with E-state index in [2.05, 4.69) is 36.2 Å². The van der Waals surface area contributed by atoms with E-state index in [-0.39, 0.29) is 17.6 Å². The molecule has 0 aromatic carbocycles. The number of aryl methyl sites for hydroxylation is 1. The van der Waals surface area contributed by atoms with Gasteiger partial charge in [0.25, 0.3) is 5.91 Å². The topological polar surface area (TPSA) is 78.1 Å². The zero-order valence-corrected chi connectivity index (χ0v) is 13.9. The summed E-state index contributed by atoms with van der Waals surface area (Å²) in [6, 6.07) is 1.86. The normalized spacial score (nSPS) is 19.1. The predicted molar refractivity (Wildman–Crippen MR) is 82.8 cm³/mol. The number of carbonyl (C=O) groups excluding carboxylic acids is 1. The van der Waals surface area contributed by atoms with E-state index in [9.17, 15) is 4.79 Å². The first kappa shape index (κ1) is 15.7. The summed E-state index contributed by atoms with van der Waals surface area (Å²) in [5.41, 5.74) is 0.642. The van der Waals surface area contributed by atoms with Crippen LogP contribution in [-0.4, -0.2) is 55.3 Å². The summed E-state index contributed by atoms with van der Waals surface area (Å²) in [5.74, 6) is 0.516. The molecule has 2 aromatic rings. The third kappa shape index (κ3) is 3.26. The van der Waals surface area contributed by atoms with Crippen LogP contribution in [0.3, 0.4) is 0 Å². The Balaban J connectivity index is 1.73. The lowest BCUT2D eigenvalue weighted by molar-refractivity contribution is -0.0269. The summed E-state index contributed by atoms with van der Waals surface area (Å²) in [4.78, 5) is 15.9. The highest BCUT2D eigenvalue weighted by atomic mass is 16.5. The first-order valence-electron chi connectivity index (χ1n) is 7.68. The maximum absolute atomic E-state index is 12.7. The molecule has 2 aromatic heterocycles. The van der Waals surface area contributed by atoms with Gasteiger partial charge in [0.15, 0.2) is 0 Å². The second-order valence-electron chi connectivity index (χ2n) is 6.73. The molecular formula is C15H22N6O2. The maximum atomic E-state index is 12.7. The van der Waals surface area contributed by atoms with Gasteiger partial charge in [0.05, 0.1) is 25.8 Å². The van der Waals surface area contributed by atoms with Crippen LogP contribution in [0.2, 0.25) is 0 Å². The number of ether oxygens (including phenoxy) is 1. The second-order valence-corrected chi connectivity index (χ2v) is 6.73. The molecule has 23 heavy (non-hydrogen) atoms. The van der Waals surface area contributed by atoms with Crippen molar-refractivity contribution in [2.24, 2.45) is 7.05 Å². The van der Waals surface area contributed by atoms with Gasteiger partial charge in [0, 0.05) is 24.5 Å². The highest BCUT2D eigenvalue weighted by Gasteiger charge is 2.29. The Bertz CT molecular complexity index is 699. The summed E-state index contributed by atoms with van der Waals surface area (Å²) < 4.78 is 7.72. The minimum atomic E-state index is -0.328. The molecule has 0 N–H and O–H groups in total. The first-order chi connectivity index (χ1) is 10.8. The van der Waals surface area contributed by atoms with Crippen LogP contribution in [0.5, 0.6) is 0 Å². The number of aromatic nitrogens is 5. The van der Waals surface area contributed by atoms with Crippen LogP contribution in [0.25, 0.3) is 0 Å². The van der Waals surface area contributed by atoms with Crippen molar-refractivity contribution in [3.8, 4) is 0 Å². The smallest absolute Gasteiger partial charge is 0.255 e. The molecule has 1 amide bonds. The van der Waals surface area contributed by atoms with E-state index >= 15 is 0 Å². The van der Waals surface area contributed by atoms with Gasteiger partial charge < -0.3 is 14.2 Å². The molecule has 1 saturated heterocycles. The Labute approximate surface area is 135 Å². The van der Waals surface area contributed by atoms with Gasteiger partial charge in [-0.3, -0.25) is 4.79 Å². The Hall–Kier alpha value is -2.22. The van der Waals surface area contributed by atoms with Crippen molar-refractivity contribution in [2.45, 2.75) is 32.4 Å². The molecule has 1 fully saturated rings. The molecule has 1 aliphatic rings. The van der Waals surface area contributed by atoms with Crippen molar-refractivity contribution in [1.29, 1.82) is 0 Å². The number of rotatable bonds is 2. The van der Waals surface area contributed by atoms with Crippen LogP contribution in [0.4, 0.5) is 0 Å². The standard InChI is InChI=1S/C15H22N6O2/c1-15(2,3)21-6-5-11(9-21)14(22)20-7-8-23-12(10-20)13-16-18-19(4)17-13/h5-6,9,12H,7-8,10H2,1-4H3. The van der Waals surface area contributed by atoms with Gasteiger partial charge in [-0.1, -0.05) is 0 Å². The SMILES string of the molecule is Cn1nnc(C2CN(C(=O)c3ccn(C(C)(C)C)c3)CCO2)n1. The molecular weight excluding hydrogens is 296 g/mol. The van der Waals surface area contributed by atoms with E-state index in [1.807, 2.05) is 23.0 Å². The number of carbonyl (C=O) groups is 1. The van der Waals surface area contributed by atoms with Crippen molar-refractivity contribution in [1.82, 2.24) is 29.7 Å². The van der Waals surface area contributed by atoms with Crippen LogP contribution < -0.4 is 0 Å². The highest BCUT2D eigenvalue weighted by Crippen LogP contribution is 2.21. The molecule has 0 bridgehead atoms. The molecule has 124 valence electrons. The quantitative estimate of drug-likeness (QED) is 0.825. The lowest BCUT2D eigenvalue weighted by atomic mass is 10.1. The second kappa shape index (κ2) is 5.77. The zero-order chi connectivity index (χ0) is 16.6. The molecule has 8 heteroatoms. The minimum Gasteiger partial charge on any atom is -0.366 e. The molecule has 0 radical (unpaired) electrons. The van der Waals surface area contributed by atoms with E-state index in [0.717, 1.165) is 0 Å². The number of morpholine rings is 1. The molecule has 3 heterocycles. The van der Waals surface area contributed by atoms with Crippen molar-refractivity contribution >= 4 is 5.91 Å². The van der Waals surface area contributed by atoms with Crippen molar-refractivity contribution in [3.05, 3.63) is 29.8 Å². The monoisotopic (exact) mass is 318 g/mol. The van der Waals surface area contributed by atoms with Crippen LogP contribution in [0.15, 0.2) is 18.5 Å². The van der Waals surface area contributed by atoms with Gasteiger partial charge in [0.1, 0.15) is 6.10 Å². The number of tetrazole rings is 1. The van der Waals surface area contributed by atoms with Crippen molar-refractivity contribution in [2.75, 3.05) is 19.7 Å². The fourth-order valence-corrected chi connectivity index (χ4v) is 2.54. The summed E-state index contributed by atoms with van der Waals surface area (Å²) in [7, 11) is 1.71. The molecule has 1 atom stereocenters. The van der Waals surface area contributed by atoms with Crippen molar-refractivity contribution in [3.63, 3.8) is 0 Å². The summed E-state index contributed by atoms with van der Waals surface area (Å²) in [6.07, 6.45) is 3.51. The number of hydrogen-bond acceptors (Lipinski definition) is 5. The Kier molecular flexibility index (Phi) is 3.93. The molecule has 1 unspecified atom stereocenters. The molecule has 3 rings (SSSR count). The van der Waals surface area contributed by atoms with E-state index < -0.39 is 0 Å². The lowest BCUT2D eigenvalue weighted by Gasteiger charge is -2.31. The third-order valence-corrected chi connectivity index (χ3v) is 3.88. The van der Waals surface area contributed by atoms with E-state index in [1.54, 1.807) is 11.9 Å². The van der Waals surface area contributed by atoms with Gasteiger partial charge in [-0.15, -0.1) is 10.2 Å². The fraction of sp³-hybridized carbons (Fsp3) is 0.600. The molecule has 8 nitrogen and oxygen atoms in total. The molecule has 0 aliphatic carbocycles. The molecule has 0 saturated carbocycles. The van der Waals surface area contributed by atoms with Crippen LogP contribution in [-0.2, 0) is 17.3 Å². The van der Waals surface area contributed by atoms with Gasteiger partial charge in [-0.05, 0) is 32.1 Å². The maximum Gasteiger partial charge on any atom is 0.255 e. The van der Waals surface area contributed by atoms with E-state index in [0.29, 0.717) is 31.1 Å². The van der Waals surface area contributed by atoms with E-state index in [1.165, 1.54) is 4.80 Å². The zero-order valence-electron chi connectivity index (χ0n) is 13.9. The lowest BCUT2D eigenvalue weighted by Crippen LogP contribution is -2.42. The van der Waals surface area contributed by atoms with Gasteiger partial charge in [0.2, 0.25) is 5.82 Å². The van der Waals surface area contributed by atoms with Crippen molar-refractivity contribution < 1.29 is 9.53 Å².